The van der Waals surface area contributed by atoms with Crippen LogP contribution in [0.1, 0.15) is 45.2 Å². The van der Waals surface area contributed by atoms with Crippen molar-refractivity contribution in [3.63, 3.8) is 0 Å². The smallest absolute Gasteiger partial charge is 0.191 e. The monoisotopic (exact) mass is 417 g/mol. The molecule has 1 aliphatic rings. The van der Waals surface area contributed by atoms with E-state index in [1.54, 1.807) is 0 Å². The molecule has 6 nitrogen and oxygen atoms in total. The van der Waals surface area contributed by atoms with Crippen molar-refractivity contribution >= 4 is 5.96 Å². The number of aryl methyl sites for hydroxylation is 1. The van der Waals surface area contributed by atoms with Crippen LogP contribution in [0.3, 0.4) is 0 Å². The number of guanidine groups is 1. The number of ether oxygens (including phenoxy) is 1. The van der Waals surface area contributed by atoms with E-state index in [1.807, 2.05) is 0 Å². The first-order chi connectivity index (χ1) is 14.4. The van der Waals surface area contributed by atoms with Gasteiger partial charge in [0.15, 0.2) is 5.96 Å². The Hall–Kier alpha value is -1.79. The highest BCUT2D eigenvalue weighted by atomic mass is 16.5. The normalized spacial score (nSPS) is 18.1. The highest BCUT2D eigenvalue weighted by Gasteiger charge is 2.16. The SMILES string of the molecule is CCNC(=NCc1ccc(C)cc1OC(C)CC)NCC(C)CN1CCN(C)CC1. The standard InChI is InChI=1S/C24H43N5O/c1-7-21(5)30-23-15-19(3)9-10-22(23)17-27-24(25-8-2)26-16-20(4)18-29-13-11-28(6)12-14-29/h9-10,15,20-21H,7-8,11-14,16-18H2,1-6H3,(H2,25,26,27). The van der Waals surface area contributed by atoms with Crippen molar-refractivity contribution in [2.45, 2.75) is 53.7 Å². The molecule has 0 aromatic heterocycles. The van der Waals surface area contributed by atoms with Gasteiger partial charge >= 0.3 is 0 Å². The summed E-state index contributed by atoms with van der Waals surface area (Å²) in [6.07, 6.45) is 1.20. The second-order valence-electron chi connectivity index (χ2n) is 8.73. The average molecular weight is 418 g/mol. The molecule has 0 saturated carbocycles. The van der Waals surface area contributed by atoms with Crippen LogP contribution in [0.2, 0.25) is 0 Å². The van der Waals surface area contributed by atoms with Gasteiger partial charge in [0, 0.05) is 51.4 Å². The number of likely N-dealkylation sites (N-methyl/N-ethyl adjacent to an activating group) is 1. The van der Waals surface area contributed by atoms with E-state index < -0.39 is 0 Å². The fourth-order valence-electron chi connectivity index (χ4n) is 3.51. The van der Waals surface area contributed by atoms with Gasteiger partial charge < -0.3 is 25.2 Å². The maximum absolute atomic E-state index is 6.14. The number of rotatable bonds is 10. The van der Waals surface area contributed by atoms with Crippen molar-refractivity contribution in [3.8, 4) is 5.75 Å². The van der Waals surface area contributed by atoms with Gasteiger partial charge in [0.1, 0.15) is 5.75 Å². The van der Waals surface area contributed by atoms with Crippen LogP contribution < -0.4 is 15.4 Å². The number of benzene rings is 1. The Labute approximate surface area is 184 Å². The van der Waals surface area contributed by atoms with E-state index in [0.717, 1.165) is 43.3 Å². The zero-order valence-corrected chi connectivity index (χ0v) is 20.0. The number of piperazine rings is 1. The average Bonchev–Trinajstić information content (AvgIpc) is 2.72. The summed E-state index contributed by atoms with van der Waals surface area (Å²) in [6, 6.07) is 6.39. The van der Waals surface area contributed by atoms with E-state index in [1.165, 1.54) is 31.7 Å². The molecule has 1 aromatic rings. The van der Waals surface area contributed by atoms with Crippen molar-refractivity contribution in [1.29, 1.82) is 0 Å². The van der Waals surface area contributed by atoms with Gasteiger partial charge in [-0.3, -0.25) is 0 Å². The van der Waals surface area contributed by atoms with Crippen LogP contribution in [0, 0.1) is 12.8 Å². The van der Waals surface area contributed by atoms with Crippen LogP contribution in [-0.4, -0.2) is 74.7 Å². The molecule has 1 aromatic carbocycles. The van der Waals surface area contributed by atoms with Gasteiger partial charge in [-0.15, -0.1) is 0 Å². The van der Waals surface area contributed by atoms with E-state index in [-0.39, 0.29) is 6.10 Å². The molecule has 1 saturated heterocycles. The van der Waals surface area contributed by atoms with Crippen LogP contribution >= 0.6 is 0 Å². The number of nitrogens with zero attached hydrogens (tertiary/aromatic N) is 3. The molecular formula is C24H43N5O. The Morgan fingerprint density at radius 2 is 1.87 bits per heavy atom. The van der Waals surface area contributed by atoms with Gasteiger partial charge in [-0.2, -0.15) is 0 Å². The summed E-state index contributed by atoms with van der Waals surface area (Å²) in [4.78, 5) is 9.80. The quantitative estimate of drug-likeness (QED) is 0.453. The van der Waals surface area contributed by atoms with E-state index in [2.05, 4.69) is 80.3 Å². The van der Waals surface area contributed by atoms with Crippen molar-refractivity contribution in [2.24, 2.45) is 10.9 Å². The molecule has 0 radical (unpaired) electrons. The van der Waals surface area contributed by atoms with E-state index in [4.69, 9.17) is 9.73 Å². The molecule has 0 amide bonds. The summed E-state index contributed by atoms with van der Waals surface area (Å²) in [5.41, 5.74) is 2.34. The van der Waals surface area contributed by atoms with Gasteiger partial charge in [0.05, 0.1) is 12.6 Å². The molecule has 2 unspecified atom stereocenters. The topological polar surface area (TPSA) is 52.1 Å². The predicted octanol–water partition coefficient (Wildman–Crippen LogP) is 3.11. The minimum Gasteiger partial charge on any atom is -0.490 e. The molecule has 2 N–H and O–H groups in total. The third-order valence-electron chi connectivity index (χ3n) is 5.66. The maximum atomic E-state index is 6.14. The van der Waals surface area contributed by atoms with Gasteiger partial charge in [-0.25, -0.2) is 4.99 Å². The minimum atomic E-state index is 0.205. The Morgan fingerprint density at radius 1 is 1.13 bits per heavy atom. The molecule has 1 fully saturated rings. The first-order valence-corrected chi connectivity index (χ1v) is 11.6. The summed E-state index contributed by atoms with van der Waals surface area (Å²) in [7, 11) is 2.20. The molecule has 0 aliphatic carbocycles. The molecule has 0 bridgehead atoms. The summed E-state index contributed by atoms with van der Waals surface area (Å²) >= 11 is 0. The summed E-state index contributed by atoms with van der Waals surface area (Å²) in [5.74, 6) is 2.39. The summed E-state index contributed by atoms with van der Waals surface area (Å²) in [5, 5.41) is 6.91. The summed E-state index contributed by atoms with van der Waals surface area (Å²) in [6.45, 7) is 19.0. The fraction of sp³-hybridized carbons (Fsp3) is 0.708. The van der Waals surface area contributed by atoms with Crippen molar-refractivity contribution in [2.75, 3.05) is 52.9 Å². The van der Waals surface area contributed by atoms with Gasteiger partial charge in [0.2, 0.25) is 0 Å². The van der Waals surface area contributed by atoms with Crippen LogP contribution in [0.5, 0.6) is 5.75 Å². The van der Waals surface area contributed by atoms with Gasteiger partial charge in [-0.1, -0.05) is 26.0 Å². The lowest BCUT2D eigenvalue weighted by Gasteiger charge is -2.34. The largest absolute Gasteiger partial charge is 0.490 e. The Kier molecular flexibility index (Phi) is 10.4. The third kappa shape index (κ3) is 8.52. The highest BCUT2D eigenvalue weighted by Crippen LogP contribution is 2.23. The molecule has 2 rings (SSSR count). The number of nitrogens with one attached hydrogen (secondary N) is 2. The number of aliphatic imine (C=N–C) groups is 1. The molecule has 1 heterocycles. The first-order valence-electron chi connectivity index (χ1n) is 11.6. The maximum Gasteiger partial charge on any atom is 0.191 e. The molecular weight excluding hydrogens is 374 g/mol. The lowest BCUT2D eigenvalue weighted by molar-refractivity contribution is 0.139. The van der Waals surface area contributed by atoms with E-state index >= 15 is 0 Å². The summed E-state index contributed by atoms with van der Waals surface area (Å²) < 4.78 is 6.14. The lowest BCUT2D eigenvalue weighted by atomic mass is 10.1. The van der Waals surface area contributed by atoms with E-state index in [0.29, 0.717) is 12.5 Å². The Balaban J connectivity index is 1.92. The fourth-order valence-corrected chi connectivity index (χ4v) is 3.51. The van der Waals surface area contributed by atoms with Crippen molar-refractivity contribution in [3.05, 3.63) is 29.3 Å². The highest BCUT2D eigenvalue weighted by molar-refractivity contribution is 5.79. The Bertz CT molecular complexity index is 655. The van der Waals surface area contributed by atoms with Gasteiger partial charge in [0.25, 0.3) is 0 Å². The predicted molar refractivity (Wildman–Crippen MR) is 127 cm³/mol. The van der Waals surface area contributed by atoms with Crippen LogP contribution in [0.4, 0.5) is 0 Å². The van der Waals surface area contributed by atoms with Crippen molar-refractivity contribution in [1.82, 2.24) is 20.4 Å². The number of hydrogen-bond acceptors (Lipinski definition) is 4. The van der Waals surface area contributed by atoms with Crippen LogP contribution in [0.15, 0.2) is 23.2 Å². The van der Waals surface area contributed by atoms with Crippen LogP contribution in [-0.2, 0) is 6.54 Å². The molecule has 170 valence electrons. The molecule has 2 atom stereocenters. The second kappa shape index (κ2) is 12.8. The number of hydrogen-bond donors (Lipinski definition) is 2. The third-order valence-corrected chi connectivity index (χ3v) is 5.66. The zero-order valence-electron chi connectivity index (χ0n) is 20.0. The lowest BCUT2D eigenvalue weighted by Crippen LogP contribution is -2.47. The Morgan fingerprint density at radius 3 is 2.53 bits per heavy atom. The second-order valence-corrected chi connectivity index (χ2v) is 8.73. The molecule has 30 heavy (non-hydrogen) atoms. The first kappa shape index (κ1) is 24.5. The zero-order chi connectivity index (χ0) is 21.9. The molecule has 0 spiro atoms. The van der Waals surface area contributed by atoms with Gasteiger partial charge in [-0.05, 0) is 51.8 Å². The molecule has 6 heteroatoms. The van der Waals surface area contributed by atoms with E-state index in [9.17, 15) is 0 Å². The molecule has 1 aliphatic heterocycles. The van der Waals surface area contributed by atoms with Crippen molar-refractivity contribution < 1.29 is 4.74 Å². The van der Waals surface area contributed by atoms with Crippen LogP contribution in [0.25, 0.3) is 0 Å². The minimum absolute atomic E-state index is 0.205.